The lowest BCUT2D eigenvalue weighted by atomic mass is 10.1. The number of esters is 1. The number of nitrogens with zero attached hydrogens (tertiary/aromatic N) is 2. The van der Waals surface area contributed by atoms with Crippen LogP contribution in [0.15, 0.2) is 42.5 Å². The van der Waals surface area contributed by atoms with Crippen molar-refractivity contribution in [3.63, 3.8) is 0 Å². The molecule has 1 aromatic carbocycles. The van der Waals surface area contributed by atoms with E-state index in [0.717, 1.165) is 5.56 Å². The van der Waals surface area contributed by atoms with E-state index in [1.807, 2.05) is 13.8 Å². The molecule has 24 heavy (non-hydrogen) atoms. The molecule has 0 saturated heterocycles. The highest BCUT2D eigenvalue weighted by atomic mass is 19.1. The molecule has 0 aliphatic heterocycles. The molecular weight excluding hydrogens is 311 g/mol. The average molecular weight is 330 g/mol. The molecule has 0 bridgehead atoms. The second-order valence-electron chi connectivity index (χ2n) is 5.22. The normalized spacial score (nSPS) is 11.7. The van der Waals surface area contributed by atoms with E-state index in [2.05, 4.69) is 9.72 Å². The van der Waals surface area contributed by atoms with Crippen molar-refractivity contribution in [2.24, 2.45) is 0 Å². The maximum absolute atomic E-state index is 13.1. The van der Waals surface area contributed by atoms with Crippen LogP contribution in [0.4, 0.5) is 4.39 Å². The predicted octanol–water partition coefficient (Wildman–Crippen LogP) is 3.23. The number of rotatable bonds is 5. The van der Waals surface area contributed by atoms with E-state index in [4.69, 9.17) is 0 Å². The van der Waals surface area contributed by atoms with Crippen LogP contribution >= 0.6 is 0 Å². The van der Waals surface area contributed by atoms with Gasteiger partial charge in [0.25, 0.3) is 5.91 Å². The van der Waals surface area contributed by atoms with Crippen molar-refractivity contribution in [2.45, 2.75) is 19.9 Å². The summed E-state index contributed by atoms with van der Waals surface area (Å²) in [5.74, 6) is -1.23. The van der Waals surface area contributed by atoms with Crippen LogP contribution in [-0.4, -0.2) is 35.4 Å². The minimum absolute atomic E-state index is 0.0776. The lowest BCUT2D eigenvalue weighted by molar-refractivity contribution is 0.0593. The molecule has 2 rings (SSSR count). The molecule has 1 amide bonds. The van der Waals surface area contributed by atoms with E-state index in [1.54, 1.807) is 29.2 Å². The van der Waals surface area contributed by atoms with E-state index in [9.17, 15) is 14.0 Å². The van der Waals surface area contributed by atoms with Crippen LogP contribution in [0.3, 0.4) is 0 Å². The van der Waals surface area contributed by atoms with Crippen molar-refractivity contribution in [3.05, 3.63) is 65.2 Å². The first-order valence-corrected chi connectivity index (χ1v) is 7.59. The van der Waals surface area contributed by atoms with Crippen molar-refractivity contribution in [3.8, 4) is 0 Å². The van der Waals surface area contributed by atoms with Crippen LogP contribution in [-0.2, 0) is 4.74 Å². The molecule has 0 radical (unpaired) electrons. The third-order valence-electron chi connectivity index (χ3n) is 3.78. The Balaban J connectivity index is 2.28. The molecule has 0 aliphatic carbocycles. The Morgan fingerprint density at radius 1 is 1.17 bits per heavy atom. The number of hydrogen-bond acceptors (Lipinski definition) is 4. The summed E-state index contributed by atoms with van der Waals surface area (Å²) in [6.45, 7) is 4.16. The molecule has 0 spiro atoms. The zero-order valence-electron chi connectivity index (χ0n) is 13.8. The molecule has 0 saturated carbocycles. The van der Waals surface area contributed by atoms with Crippen LogP contribution in [0.2, 0.25) is 0 Å². The number of benzene rings is 1. The Hall–Kier alpha value is -2.76. The molecule has 1 heterocycles. The van der Waals surface area contributed by atoms with Crippen LogP contribution in [0.5, 0.6) is 0 Å². The van der Waals surface area contributed by atoms with Crippen molar-refractivity contribution in [2.75, 3.05) is 13.7 Å². The van der Waals surface area contributed by atoms with Gasteiger partial charge in [0.2, 0.25) is 0 Å². The maximum Gasteiger partial charge on any atom is 0.356 e. The van der Waals surface area contributed by atoms with Crippen LogP contribution in [0, 0.1) is 5.82 Å². The van der Waals surface area contributed by atoms with Crippen molar-refractivity contribution < 1.29 is 18.7 Å². The summed E-state index contributed by atoms with van der Waals surface area (Å²) in [5.41, 5.74) is 1.05. The van der Waals surface area contributed by atoms with Crippen molar-refractivity contribution in [1.29, 1.82) is 0 Å². The Morgan fingerprint density at radius 3 is 2.38 bits per heavy atom. The number of ether oxygens (including phenoxy) is 1. The number of halogens is 1. The van der Waals surface area contributed by atoms with Gasteiger partial charge in [-0.15, -0.1) is 0 Å². The summed E-state index contributed by atoms with van der Waals surface area (Å²) < 4.78 is 17.7. The van der Waals surface area contributed by atoms with Gasteiger partial charge in [-0.25, -0.2) is 14.2 Å². The quantitative estimate of drug-likeness (QED) is 0.790. The highest BCUT2D eigenvalue weighted by Gasteiger charge is 2.23. The fraction of sp³-hybridized carbons (Fsp3) is 0.278. The molecule has 1 atom stereocenters. The van der Waals surface area contributed by atoms with Gasteiger partial charge in [0.1, 0.15) is 17.2 Å². The average Bonchev–Trinajstić information content (AvgIpc) is 2.62. The number of carbonyl (C=O) groups excluding carboxylic acids is 2. The number of hydrogen-bond donors (Lipinski definition) is 0. The Bertz CT molecular complexity index is 731. The van der Waals surface area contributed by atoms with Gasteiger partial charge in [0.15, 0.2) is 0 Å². The molecule has 0 N–H and O–H groups in total. The zero-order valence-corrected chi connectivity index (χ0v) is 13.8. The second kappa shape index (κ2) is 7.68. The zero-order chi connectivity index (χ0) is 17.7. The summed E-state index contributed by atoms with van der Waals surface area (Å²) in [6, 6.07) is 10.4. The van der Waals surface area contributed by atoms with E-state index >= 15 is 0 Å². The number of pyridine rings is 1. The lowest BCUT2D eigenvalue weighted by Crippen LogP contribution is -2.34. The van der Waals surface area contributed by atoms with Crippen LogP contribution in [0.25, 0.3) is 0 Å². The lowest BCUT2D eigenvalue weighted by Gasteiger charge is -2.28. The van der Waals surface area contributed by atoms with Gasteiger partial charge in [-0.05, 0) is 43.7 Å². The fourth-order valence-corrected chi connectivity index (χ4v) is 2.43. The minimum atomic E-state index is -0.598. The Labute approximate surface area is 140 Å². The fourth-order valence-electron chi connectivity index (χ4n) is 2.43. The van der Waals surface area contributed by atoms with Crippen molar-refractivity contribution >= 4 is 11.9 Å². The summed E-state index contributed by atoms with van der Waals surface area (Å²) in [5, 5.41) is 0. The van der Waals surface area contributed by atoms with Gasteiger partial charge in [-0.2, -0.15) is 0 Å². The highest BCUT2D eigenvalue weighted by molar-refractivity contribution is 5.94. The summed E-state index contributed by atoms with van der Waals surface area (Å²) in [7, 11) is 1.26. The molecule has 6 heteroatoms. The highest BCUT2D eigenvalue weighted by Crippen LogP contribution is 2.22. The standard InChI is InChI=1S/C18H19FN2O3/c1-4-21(12(2)13-8-10-14(19)11-9-13)17(22)15-6-5-7-16(20-15)18(23)24-3/h5-12H,4H2,1-3H3. The molecule has 2 aromatic rings. The molecule has 1 unspecified atom stereocenters. The molecular formula is C18H19FN2O3. The van der Waals surface area contributed by atoms with Gasteiger partial charge >= 0.3 is 5.97 Å². The van der Waals surface area contributed by atoms with Crippen LogP contribution in [0.1, 0.15) is 46.4 Å². The van der Waals surface area contributed by atoms with Gasteiger partial charge < -0.3 is 9.64 Å². The largest absolute Gasteiger partial charge is 0.464 e. The summed E-state index contributed by atoms with van der Waals surface area (Å²) >= 11 is 0. The minimum Gasteiger partial charge on any atom is -0.464 e. The van der Waals surface area contributed by atoms with E-state index in [1.165, 1.54) is 25.3 Å². The number of aromatic nitrogens is 1. The van der Waals surface area contributed by atoms with Crippen LogP contribution < -0.4 is 0 Å². The summed E-state index contributed by atoms with van der Waals surface area (Å²) in [4.78, 5) is 30.0. The van der Waals surface area contributed by atoms with E-state index in [-0.39, 0.29) is 29.2 Å². The number of carbonyl (C=O) groups is 2. The molecule has 126 valence electrons. The Kier molecular flexibility index (Phi) is 5.63. The van der Waals surface area contributed by atoms with E-state index in [0.29, 0.717) is 6.54 Å². The van der Waals surface area contributed by atoms with Gasteiger partial charge in [0.05, 0.1) is 13.2 Å². The molecule has 5 nitrogen and oxygen atoms in total. The molecule has 1 aromatic heterocycles. The third-order valence-corrected chi connectivity index (χ3v) is 3.78. The SMILES string of the molecule is CCN(C(=O)c1cccc(C(=O)OC)n1)C(C)c1ccc(F)cc1. The van der Waals surface area contributed by atoms with E-state index < -0.39 is 5.97 Å². The number of amides is 1. The van der Waals surface area contributed by atoms with Gasteiger partial charge in [-0.1, -0.05) is 18.2 Å². The second-order valence-corrected chi connectivity index (χ2v) is 5.22. The van der Waals surface area contributed by atoms with Gasteiger partial charge in [-0.3, -0.25) is 4.79 Å². The maximum atomic E-state index is 13.1. The monoisotopic (exact) mass is 330 g/mol. The van der Waals surface area contributed by atoms with Crippen molar-refractivity contribution in [1.82, 2.24) is 9.88 Å². The number of methoxy groups -OCH3 is 1. The Morgan fingerprint density at radius 2 is 1.79 bits per heavy atom. The predicted molar refractivity (Wildman–Crippen MR) is 87.1 cm³/mol. The molecule has 0 aliphatic rings. The first-order chi connectivity index (χ1) is 11.5. The topological polar surface area (TPSA) is 59.5 Å². The first kappa shape index (κ1) is 17.6. The molecule has 0 fully saturated rings. The van der Waals surface area contributed by atoms with Gasteiger partial charge in [0, 0.05) is 6.54 Å². The smallest absolute Gasteiger partial charge is 0.356 e. The third kappa shape index (κ3) is 3.76. The summed E-state index contributed by atoms with van der Waals surface area (Å²) in [6.07, 6.45) is 0. The first-order valence-electron chi connectivity index (χ1n) is 7.59.